The molecule has 0 saturated carbocycles. The Morgan fingerprint density at radius 2 is 2.16 bits per heavy atom. The van der Waals surface area contributed by atoms with Gasteiger partial charge in [0.25, 0.3) is 0 Å². The second-order valence-electron chi connectivity index (χ2n) is 6.75. The van der Waals surface area contributed by atoms with Gasteiger partial charge in [0.05, 0.1) is 5.75 Å². The molecule has 1 atom stereocenters. The summed E-state index contributed by atoms with van der Waals surface area (Å²) in [7, 11) is 0. The Kier molecular flexibility index (Phi) is 4.52. The quantitative estimate of drug-likeness (QED) is 0.639. The van der Waals surface area contributed by atoms with E-state index in [4.69, 9.17) is 0 Å². The van der Waals surface area contributed by atoms with Crippen LogP contribution in [0.4, 0.5) is 0 Å². The lowest BCUT2D eigenvalue weighted by Crippen LogP contribution is -2.31. The van der Waals surface area contributed by atoms with E-state index in [0.717, 1.165) is 12.1 Å². The zero-order valence-electron chi connectivity index (χ0n) is 14.3. The SMILES string of the molecule is CC(C)CN1C(=O)CSC1c1cnccc1-c1csc2cccc-2c1. The fourth-order valence-corrected chi connectivity index (χ4v) is 5.37. The molecular formula is C20H20N2OS2. The predicted octanol–water partition coefficient (Wildman–Crippen LogP) is 5.14. The van der Waals surface area contributed by atoms with Gasteiger partial charge in [0.1, 0.15) is 5.37 Å². The van der Waals surface area contributed by atoms with Crippen molar-refractivity contribution < 1.29 is 4.79 Å². The van der Waals surface area contributed by atoms with Crippen molar-refractivity contribution in [2.24, 2.45) is 5.92 Å². The molecule has 1 aliphatic carbocycles. The average molecular weight is 369 g/mol. The predicted molar refractivity (Wildman–Crippen MR) is 106 cm³/mol. The van der Waals surface area contributed by atoms with Crippen LogP contribution < -0.4 is 0 Å². The number of carbonyl (C=O) groups is 1. The van der Waals surface area contributed by atoms with Crippen molar-refractivity contribution in [2.75, 3.05) is 12.3 Å². The van der Waals surface area contributed by atoms with Gasteiger partial charge in [-0.25, -0.2) is 0 Å². The maximum atomic E-state index is 12.4. The first-order chi connectivity index (χ1) is 12.1. The summed E-state index contributed by atoms with van der Waals surface area (Å²) in [6.45, 7) is 5.10. The van der Waals surface area contributed by atoms with E-state index in [9.17, 15) is 4.79 Å². The topological polar surface area (TPSA) is 33.2 Å². The third kappa shape index (κ3) is 3.18. The first-order valence-electron chi connectivity index (χ1n) is 8.46. The molecule has 1 saturated heterocycles. The molecule has 4 rings (SSSR count). The van der Waals surface area contributed by atoms with E-state index in [2.05, 4.69) is 54.5 Å². The summed E-state index contributed by atoms with van der Waals surface area (Å²) in [4.78, 5) is 20.0. The van der Waals surface area contributed by atoms with Crippen LogP contribution in [0.15, 0.2) is 48.1 Å². The highest BCUT2D eigenvalue weighted by atomic mass is 32.2. The number of rotatable bonds is 4. The number of amides is 1. The van der Waals surface area contributed by atoms with Crippen LogP contribution in [0, 0.1) is 5.92 Å². The van der Waals surface area contributed by atoms with Crippen molar-refractivity contribution in [2.45, 2.75) is 19.2 Å². The van der Waals surface area contributed by atoms with Gasteiger partial charge >= 0.3 is 0 Å². The van der Waals surface area contributed by atoms with E-state index in [1.807, 2.05) is 17.3 Å². The third-order valence-electron chi connectivity index (χ3n) is 4.39. The van der Waals surface area contributed by atoms with Crippen LogP contribution in [0.1, 0.15) is 24.8 Å². The van der Waals surface area contributed by atoms with Gasteiger partial charge < -0.3 is 4.90 Å². The Bertz CT molecular complexity index is 874. The number of hydrogen-bond acceptors (Lipinski definition) is 4. The van der Waals surface area contributed by atoms with Gasteiger partial charge in [0.15, 0.2) is 0 Å². The smallest absolute Gasteiger partial charge is 0.233 e. The van der Waals surface area contributed by atoms with Gasteiger partial charge in [0.2, 0.25) is 5.91 Å². The largest absolute Gasteiger partial charge is 0.325 e. The number of fused-ring (bicyclic) bond motifs is 1. The fourth-order valence-electron chi connectivity index (χ4n) is 3.28. The molecule has 0 bridgehead atoms. The van der Waals surface area contributed by atoms with Crippen LogP contribution in [0.2, 0.25) is 0 Å². The Morgan fingerprint density at radius 1 is 1.28 bits per heavy atom. The molecule has 1 aromatic heterocycles. The molecule has 0 radical (unpaired) electrons. The summed E-state index contributed by atoms with van der Waals surface area (Å²) in [5.74, 6) is 1.23. The third-order valence-corrected chi connectivity index (χ3v) is 6.63. The molecule has 1 amide bonds. The summed E-state index contributed by atoms with van der Waals surface area (Å²) < 4.78 is 0. The molecule has 1 aromatic rings. The monoisotopic (exact) mass is 368 g/mol. The van der Waals surface area contributed by atoms with Crippen LogP contribution in [0.25, 0.3) is 21.6 Å². The van der Waals surface area contributed by atoms with Crippen LogP contribution in [0.3, 0.4) is 0 Å². The Balaban J connectivity index is 1.76. The second kappa shape index (κ2) is 6.81. The number of pyridine rings is 1. The van der Waals surface area contributed by atoms with Gasteiger partial charge in [-0.3, -0.25) is 9.78 Å². The van der Waals surface area contributed by atoms with Gasteiger partial charge in [-0.15, -0.1) is 23.1 Å². The minimum absolute atomic E-state index is 0.0546. The molecule has 3 heterocycles. The fraction of sp³-hybridized carbons (Fsp3) is 0.300. The maximum Gasteiger partial charge on any atom is 0.233 e. The van der Waals surface area contributed by atoms with E-state index in [-0.39, 0.29) is 11.3 Å². The van der Waals surface area contributed by atoms with Crippen LogP contribution in [-0.4, -0.2) is 28.1 Å². The highest BCUT2D eigenvalue weighted by Gasteiger charge is 2.34. The van der Waals surface area contributed by atoms with Crippen molar-refractivity contribution >= 4 is 29.0 Å². The van der Waals surface area contributed by atoms with Crippen molar-refractivity contribution in [1.29, 1.82) is 0 Å². The van der Waals surface area contributed by atoms with Gasteiger partial charge in [-0.05, 0) is 46.2 Å². The minimum Gasteiger partial charge on any atom is -0.325 e. The first kappa shape index (κ1) is 16.6. The van der Waals surface area contributed by atoms with Crippen molar-refractivity contribution in [3.8, 4) is 21.6 Å². The number of aromatic nitrogens is 1. The molecule has 0 spiro atoms. The first-order valence-corrected chi connectivity index (χ1v) is 10.4. The summed E-state index contributed by atoms with van der Waals surface area (Å²) in [6, 6.07) is 10.7. The minimum atomic E-state index is 0.0546. The number of carbonyl (C=O) groups excluding carboxylic acids is 1. The molecule has 3 nitrogen and oxygen atoms in total. The summed E-state index contributed by atoms with van der Waals surface area (Å²) in [5.41, 5.74) is 4.78. The Hall–Kier alpha value is -1.85. The molecule has 3 aliphatic rings. The van der Waals surface area contributed by atoms with E-state index in [1.54, 1.807) is 23.1 Å². The van der Waals surface area contributed by atoms with E-state index < -0.39 is 0 Å². The molecule has 1 unspecified atom stereocenters. The lowest BCUT2D eigenvalue weighted by molar-refractivity contribution is -0.128. The molecule has 5 heteroatoms. The van der Waals surface area contributed by atoms with E-state index >= 15 is 0 Å². The van der Waals surface area contributed by atoms with Crippen molar-refractivity contribution in [1.82, 2.24) is 9.88 Å². The molecule has 2 aliphatic heterocycles. The van der Waals surface area contributed by atoms with Crippen LogP contribution >= 0.6 is 23.1 Å². The molecule has 128 valence electrons. The van der Waals surface area contributed by atoms with Crippen LogP contribution in [0.5, 0.6) is 0 Å². The van der Waals surface area contributed by atoms with Crippen molar-refractivity contribution in [3.63, 3.8) is 0 Å². The van der Waals surface area contributed by atoms with Crippen LogP contribution in [-0.2, 0) is 4.79 Å². The van der Waals surface area contributed by atoms with Gasteiger partial charge in [0, 0.05) is 29.4 Å². The Labute approximate surface area is 156 Å². The van der Waals surface area contributed by atoms with Gasteiger partial charge in [-0.2, -0.15) is 0 Å². The standard InChI is InChI=1S/C20H20N2OS2/c1-13(2)10-22-19(23)12-25-20(22)17-9-21-7-6-16(17)15-8-14-4-3-5-18(14)24-11-15/h3-9,11,13,20H,10,12H2,1-2H3. The zero-order valence-corrected chi connectivity index (χ0v) is 15.9. The number of thioether (sulfide) groups is 1. The summed E-state index contributed by atoms with van der Waals surface area (Å²) >= 11 is 3.47. The maximum absolute atomic E-state index is 12.4. The molecular weight excluding hydrogens is 348 g/mol. The highest BCUT2D eigenvalue weighted by Crippen LogP contribution is 2.43. The van der Waals surface area contributed by atoms with Crippen molar-refractivity contribution in [3.05, 3.63) is 53.7 Å². The second-order valence-corrected chi connectivity index (χ2v) is 8.73. The molecule has 1 fully saturated rings. The van der Waals surface area contributed by atoms with Gasteiger partial charge in [-0.1, -0.05) is 26.0 Å². The Morgan fingerprint density at radius 3 is 3.00 bits per heavy atom. The number of hydrogen-bond donors (Lipinski definition) is 0. The lowest BCUT2D eigenvalue weighted by atomic mass is 10.0. The molecule has 0 aromatic carbocycles. The molecule has 0 N–H and O–H groups in total. The zero-order chi connectivity index (χ0) is 17.4. The summed E-state index contributed by atoms with van der Waals surface area (Å²) in [5, 5.41) is 2.26. The summed E-state index contributed by atoms with van der Waals surface area (Å²) in [6.07, 6.45) is 3.77. The van der Waals surface area contributed by atoms with E-state index in [0.29, 0.717) is 11.7 Å². The average Bonchev–Trinajstić information content (AvgIpc) is 3.21. The molecule has 25 heavy (non-hydrogen) atoms. The van der Waals surface area contributed by atoms with E-state index in [1.165, 1.54) is 21.6 Å². The normalized spacial score (nSPS) is 17.8. The highest BCUT2D eigenvalue weighted by molar-refractivity contribution is 8.00. The lowest BCUT2D eigenvalue weighted by Gasteiger charge is -2.27. The number of nitrogens with zero attached hydrogens (tertiary/aromatic N) is 2.